The van der Waals surface area contributed by atoms with Crippen LogP contribution in [0.25, 0.3) is 0 Å². The van der Waals surface area contributed by atoms with Crippen molar-refractivity contribution < 1.29 is 9.59 Å². The number of nitrogens with zero attached hydrogens (tertiary/aromatic N) is 3. The number of amides is 2. The lowest BCUT2D eigenvalue weighted by molar-refractivity contribution is -0.130. The quantitative estimate of drug-likeness (QED) is 0.832. The molecule has 7 nitrogen and oxygen atoms in total. The summed E-state index contributed by atoms with van der Waals surface area (Å²) in [5, 5.41) is 10.7. The molecule has 1 saturated carbocycles. The van der Waals surface area contributed by atoms with E-state index >= 15 is 0 Å². The van der Waals surface area contributed by atoms with E-state index in [-0.39, 0.29) is 29.7 Å². The third-order valence-electron chi connectivity index (χ3n) is 6.22. The lowest BCUT2D eigenvalue weighted by Crippen LogP contribution is -2.44. The third-order valence-corrected chi connectivity index (χ3v) is 6.22. The van der Waals surface area contributed by atoms with Gasteiger partial charge in [-0.2, -0.15) is 5.10 Å². The summed E-state index contributed by atoms with van der Waals surface area (Å²) in [5.41, 5.74) is 1.10. The normalized spacial score (nSPS) is 30.1. The predicted molar refractivity (Wildman–Crippen MR) is 97.4 cm³/mol. The summed E-state index contributed by atoms with van der Waals surface area (Å²) in [6.45, 7) is 2.15. The zero-order valence-corrected chi connectivity index (χ0v) is 15.5. The Labute approximate surface area is 154 Å². The number of likely N-dealkylation sites (tertiary alicyclic amines) is 1. The Morgan fingerprint density at radius 2 is 2.08 bits per heavy atom. The van der Waals surface area contributed by atoms with Gasteiger partial charge in [0.05, 0.1) is 18.2 Å². The van der Waals surface area contributed by atoms with Gasteiger partial charge < -0.3 is 15.5 Å². The number of carbonyl (C=O) groups is 2. The smallest absolute Gasteiger partial charge is 0.225 e. The highest BCUT2D eigenvalue weighted by Gasteiger charge is 2.39. The maximum Gasteiger partial charge on any atom is 0.225 e. The largest absolute Gasteiger partial charge is 0.351 e. The highest BCUT2D eigenvalue weighted by Crippen LogP contribution is 2.29. The van der Waals surface area contributed by atoms with Crippen LogP contribution >= 0.6 is 0 Å². The van der Waals surface area contributed by atoms with Gasteiger partial charge in [-0.25, -0.2) is 0 Å². The zero-order valence-electron chi connectivity index (χ0n) is 15.5. The zero-order chi connectivity index (χ0) is 18.1. The monoisotopic (exact) mass is 359 g/mol. The second-order valence-electron chi connectivity index (χ2n) is 8.07. The molecule has 1 unspecified atom stereocenters. The van der Waals surface area contributed by atoms with E-state index in [1.54, 1.807) is 4.68 Å². The highest BCUT2D eigenvalue weighted by molar-refractivity contribution is 5.84. The van der Waals surface area contributed by atoms with Crippen molar-refractivity contribution >= 4 is 11.8 Å². The molecule has 142 valence electrons. The Bertz CT molecular complexity index is 667. The molecule has 2 aliphatic heterocycles. The van der Waals surface area contributed by atoms with Crippen molar-refractivity contribution in [2.75, 3.05) is 19.6 Å². The van der Waals surface area contributed by atoms with Crippen LogP contribution in [-0.2, 0) is 16.6 Å². The molecule has 7 heteroatoms. The number of nitrogens with one attached hydrogen (secondary N) is 2. The van der Waals surface area contributed by atoms with E-state index in [2.05, 4.69) is 15.7 Å². The Kier molecular flexibility index (Phi) is 4.98. The van der Waals surface area contributed by atoms with Crippen molar-refractivity contribution in [1.29, 1.82) is 0 Å². The number of aromatic nitrogens is 2. The summed E-state index contributed by atoms with van der Waals surface area (Å²) in [7, 11) is 1.89. The molecule has 0 bridgehead atoms. The van der Waals surface area contributed by atoms with E-state index in [4.69, 9.17) is 0 Å². The van der Waals surface area contributed by atoms with E-state index in [1.807, 2.05) is 24.3 Å². The molecule has 3 fully saturated rings. The second kappa shape index (κ2) is 7.39. The van der Waals surface area contributed by atoms with Crippen LogP contribution < -0.4 is 10.6 Å². The summed E-state index contributed by atoms with van der Waals surface area (Å²) in [5.74, 6) is 0.316. The van der Waals surface area contributed by atoms with Crippen LogP contribution in [0.5, 0.6) is 0 Å². The van der Waals surface area contributed by atoms with Gasteiger partial charge in [0.25, 0.3) is 0 Å². The SMILES string of the molecule is Cn1cc([C@H]2CNC[C@@H]2C(=O)NC2CC(=O)N(C3CCCCC3)C2)cn1. The van der Waals surface area contributed by atoms with Gasteiger partial charge >= 0.3 is 0 Å². The molecule has 2 amide bonds. The van der Waals surface area contributed by atoms with Crippen LogP contribution in [0.2, 0.25) is 0 Å². The Morgan fingerprint density at radius 1 is 1.27 bits per heavy atom. The number of carbonyl (C=O) groups excluding carboxylic acids is 2. The molecule has 3 heterocycles. The van der Waals surface area contributed by atoms with Gasteiger partial charge in [0, 0.05) is 51.3 Å². The molecule has 1 aliphatic carbocycles. The molecule has 0 spiro atoms. The van der Waals surface area contributed by atoms with E-state index in [9.17, 15) is 9.59 Å². The van der Waals surface area contributed by atoms with E-state index in [1.165, 1.54) is 19.3 Å². The molecular weight excluding hydrogens is 330 g/mol. The van der Waals surface area contributed by atoms with Gasteiger partial charge in [0.15, 0.2) is 0 Å². The van der Waals surface area contributed by atoms with Crippen molar-refractivity contribution in [1.82, 2.24) is 25.3 Å². The van der Waals surface area contributed by atoms with Crippen LogP contribution in [0.3, 0.4) is 0 Å². The van der Waals surface area contributed by atoms with E-state index in [0.717, 1.165) is 24.9 Å². The van der Waals surface area contributed by atoms with Gasteiger partial charge in [0.2, 0.25) is 11.8 Å². The van der Waals surface area contributed by atoms with Crippen molar-refractivity contribution in [3.8, 4) is 0 Å². The second-order valence-corrected chi connectivity index (χ2v) is 8.07. The highest BCUT2D eigenvalue weighted by atomic mass is 16.2. The molecule has 1 aromatic rings. The van der Waals surface area contributed by atoms with E-state index < -0.39 is 0 Å². The Hall–Kier alpha value is -1.89. The molecule has 2 saturated heterocycles. The minimum Gasteiger partial charge on any atom is -0.351 e. The van der Waals surface area contributed by atoms with Crippen LogP contribution in [0.4, 0.5) is 0 Å². The third kappa shape index (κ3) is 3.49. The van der Waals surface area contributed by atoms with Gasteiger partial charge in [0.1, 0.15) is 0 Å². The molecule has 0 aromatic carbocycles. The molecule has 2 N–H and O–H groups in total. The lowest BCUT2D eigenvalue weighted by Gasteiger charge is -2.31. The van der Waals surface area contributed by atoms with Gasteiger partial charge in [-0.3, -0.25) is 14.3 Å². The number of hydrogen-bond donors (Lipinski definition) is 2. The minimum atomic E-state index is -0.0990. The first-order chi connectivity index (χ1) is 12.6. The van der Waals surface area contributed by atoms with Crippen molar-refractivity contribution in [3.63, 3.8) is 0 Å². The molecule has 26 heavy (non-hydrogen) atoms. The topological polar surface area (TPSA) is 79.3 Å². The number of rotatable bonds is 4. The van der Waals surface area contributed by atoms with Gasteiger partial charge in [-0.15, -0.1) is 0 Å². The molecule has 3 aliphatic rings. The Morgan fingerprint density at radius 3 is 2.81 bits per heavy atom. The van der Waals surface area contributed by atoms with Crippen molar-refractivity contribution in [2.45, 2.75) is 56.5 Å². The lowest BCUT2D eigenvalue weighted by atomic mass is 9.90. The average Bonchev–Trinajstić information content (AvgIpc) is 3.35. The number of hydrogen-bond acceptors (Lipinski definition) is 4. The fourth-order valence-corrected chi connectivity index (χ4v) is 4.82. The Balaban J connectivity index is 1.36. The summed E-state index contributed by atoms with van der Waals surface area (Å²) < 4.78 is 1.78. The van der Waals surface area contributed by atoms with Crippen molar-refractivity contribution in [3.05, 3.63) is 18.0 Å². The molecular formula is C19H29N5O2. The van der Waals surface area contributed by atoms with Gasteiger partial charge in [-0.1, -0.05) is 19.3 Å². The fourth-order valence-electron chi connectivity index (χ4n) is 4.82. The summed E-state index contributed by atoms with van der Waals surface area (Å²) >= 11 is 0. The average molecular weight is 359 g/mol. The van der Waals surface area contributed by atoms with Crippen LogP contribution in [0, 0.1) is 5.92 Å². The first-order valence-corrected chi connectivity index (χ1v) is 9.91. The fraction of sp³-hybridized carbons (Fsp3) is 0.737. The first-order valence-electron chi connectivity index (χ1n) is 9.91. The van der Waals surface area contributed by atoms with Crippen LogP contribution in [-0.4, -0.2) is 58.2 Å². The summed E-state index contributed by atoms with van der Waals surface area (Å²) in [6.07, 6.45) is 10.2. The summed E-state index contributed by atoms with van der Waals surface area (Å²) in [4.78, 5) is 27.3. The number of aryl methyl sites for hydroxylation is 1. The predicted octanol–water partition coefficient (Wildman–Crippen LogP) is 0.773. The van der Waals surface area contributed by atoms with Gasteiger partial charge in [-0.05, 0) is 18.4 Å². The molecule has 1 aromatic heterocycles. The van der Waals surface area contributed by atoms with Crippen molar-refractivity contribution in [2.24, 2.45) is 13.0 Å². The minimum absolute atomic E-state index is 0.0490. The first kappa shape index (κ1) is 17.5. The van der Waals surface area contributed by atoms with Crippen LogP contribution in [0.1, 0.15) is 50.0 Å². The standard InChI is InChI=1S/C19H29N5O2/c1-23-11-13(8-21-23)16-9-20-10-17(16)19(26)22-14-7-18(25)24(12-14)15-5-3-2-4-6-15/h8,11,14-17,20H,2-7,9-10,12H2,1H3,(H,22,26)/t14?,16-,17+/m1/s1. The molecule has 0 radical (unpaired) electrons. The molecule has 4 rings (SSSR count). The van der Waals surface area contributed by atoms with Crippen LogP contribution in [0.15, 0.2) is 12.4 Å². The summed E-state index contributed by atoms with van der Waals surface area (Å²) in [6, 6.07) is 0.335. The van der Waals surface area contributed by atoms with E-state index in [0.29, 0.717) is 25.6 Å². The molecule has 3 atom stereocenters. The maximum atomic E-state index is 12.9. The maximum absolute atomic E-state index is 12.9.